The Hall–Kier alpha value is -3.31. The lowest BCUT2D eigenvalue weighted by Gasteiger charge is -2.37. The first kappa shape index (κ1) is 32.6. The molecule has 3 aromatic rings. The first-order chi connectivity index (χ1) is 20.3. The fraction of sp³-hybridized carbons (Fsp3) is 0.382. The van der Waals surface area contributed by atoms with Crippen LogP contribution in [0.4, 0.5) is 8.78 Å². The lowest BCUT2D eigenvalue weighted by atomic mass is 9.62. The summed E-state index contributed by atoms with van der Waals surface area (Å²) in [5.74, 6) is -3.16. The van der Waals surface area contributed by atoms with E-state index in [9.17, 15) is 14.9 Å². The first-order valence-corrected chi connectivity index (χ1v) is 14.8. The molecule has 1 aliphatic rings. The van der Waals surface area contributed by atoms with Gasteiger partial charge in [-0.2, -0.15) is 5.26 Å². The Morgan fingerprint density at radius 2 is 1.72 bits per heavy atom. The molecule has 0 bridgehead atoms. The fourth-order valence-electron chi connectivity index (χ4n) is 6.09. The number of Topliss-reactive ketones (excluding diaryl/α,β-unsaturated/α-hetero) is 1. The standard InChI is InChI=1S/C34H34Cl2F2N2O3/c1-33(2,3)18-28-34(19-39,24-14-13-22(35)17-26(24)37)30(23-6-5-7-25(36)31(23)38)32(40-28)27(41)16-21-10-8-20(9-11-21)12-15-29(42)43-4/h5-11,13-14,17,28,30,32,40H,12,15-16,18H2,1-4H3/t28-,30-,32-,34-/m0/s1. The number of hydrogen-bond acceptors (Lipinski definition) is 5. The second kappa shape index (κ2) is 13.1. The molecule has 5 nitrogen and oxygen atoms in total. The molecule has 4 rings (SSSR count). The zero-order chi connectivity index (χ0) is 31.5. The van der Waals surface area contributed by atoms with E-state index < -0.39 is 35.1 Å². The molecule has 1 saturated heterocycles. The predicted molar refractivity (Wildman–Crippen MR) is 163 cm³/mol. The maximum Gasteiger partial charge on any atom is 0.305 e. The van der Waals surface area contributed by atoms with Gasteiger partial charge in [-0.05, 0) is 53.1 Å². The number of rotatable bonds is 9. The van der Waals surface area contributed by atoms with Crippen LogP contribution in [-0.2, 0) is 32.6 Å². The van der Waals surface area contributed by atoms with E-state index in [1.165, 1.54) is 31.4 Å². The van der Waals surface area contributed by atoms with Gasteiger partial charge in [-0.25, -0.2) is 8.78 Å². The molecule has 1 heterocycles. The largest absolute Gasteiger partial charge is 0.469 e. The van der Waals surface area contributed by atoms with Gasteiger partial charge in [-0.3, -0.25) is 9.59 Å². The van der Waals surface area contributed by atoms with Crippen molar-refractivity contribution in [1.82, 2.24) is 5.32 Å². The third kappa shape index (κ3) is 6.93. The van der Waals surface area contributed by atoms with Gasteiger partial charge in [0.15, 0.2) is 5.78 Å². The molecule has 226 valence electrons. The van der Waals surface area contributed by atoms with Crippen molar-refractivity contribution in [3.05, 3.63) is 105 Å². The normalized spacial score (nSPS) is 21.8. The number of halogens is 4. The number of ketones is 1. The van der Waals surface area contributed by atoms with Crippen LogP contribution in [-0.4, -0.2) is 30.9 Å². The second-order valence-electron chi connectivity index (χ2n) is 12.2. The number of carbonyl (C=O) groups is 2. The Kier molecular flexibility index (Phi) is 9.96. The lowest BCUT2D eigenvalue weighted by molar-refractivity contribution is -0.140. The smallest absolute Gasteiger partial charge is 0.305 e. The highest BCUT2D eigenvalue weighted by Gasteiger charge is 2.60. The van der Waals surface area contributed by atoms with Crippen molar-refractivity contribution in [2.75, 3.05) is 7.11 Å². The van der Waals surface area contributed by atoms with Gasteiger partial charge in [0.1, 0.15) is 17.0 Å². The highest BCUT2D eigenvalue weighted by Crippen LogP contribution is 2.53. The predicted octanol–water partition coefficient (Wildman–Crippen LogP) is 7.51. The van der Waals surface area contributed by atoms with E-state index >= 15 is 8.78 Å². The van der Waals surface area contributed by atoms with E-state index in [-0.39, 0.29) is 51.2 Å². The molecule has 0 spiro atoms. The van der Waals surface area contributed by atoms with Gasteiger partial charge in [0.25, 0.3) is 0 Å². The van der Waals surface area contributed by atoms with Crippen LogP contribution in [0.15, 0.2) is 60.7 Å². The SMILES string of the molecule is COC(=O)CCc1ccc(CC(=O)[C@@H]2N[C@@H](CC(C)(C)C)[C@](C#N)(c3ccc(Cl)cc3F)[C@H]2c2cccc(Cl)c2F)cc1. The molecule has 1 aliphatic heterocycles. The van der Waals surface area contributed by atoms with Gasteiger partial charge in [0.05, 0.1) is 24.2 Å². The van der Waals surface area contributed by atoms with Crippen molar-refractivity contribution >= 4 is 35.0 Å². The summed E-state index contributed by atoms with van der Waals surface area (Å²) >= 11 is 12.3. The average Bonchev–Trinajstić information content (AvgIpc) is 3.26. The second-order valence-corrected chi connectivity index (χ2v) is 13.1. The first-order valence-electron chi connectivity index (χ1n) is 14.0. The molecule has 1 N–H and O–H groups in total. The Balaban J connectivity index is 1.82. The number of benzene rings is 3. The summed E-state index contributed by atoms with van der Waals surface area (Å²) in [6.45, 7) is 5.96. The quantitative estimate of drug-likeness (QED) is 0.249. The Bertz CT molecular complexity index is 1550. The summed E-state index contributed by atoms with van der Waals surface area (Å²) in [7, 11) is 1.34. The average molecular weight is 628 g/mol. The number of hydrogen-bond donors (Lipinski definition) is 1. The molecule has 0 amide bonds. The van der Waals surface area contributed by atoms with Crippen LogP contribution in [0.2, 0.25) is 10.0 Å². The summed E-state index contributed by atoms with van der Waals surface area (Å²) < 4.78 is 36.3. The van der Waals surface area contributed by atoms with E-state index in [4.69, 9.17) is 27.9 Å². The third-order valence-corrected chi connectivity index (χ3v) is 8.57. The molecule has 1 fully saturated rings. The van der Waals surface area contributed by atoms with Crippen molar-refractivity contribution in [3.8, 4) is 6.07 Å². The van der Waals surface area contributed by atoms with Crippen molar-refractivity contribution in [1.29, 1.82) is 5.26 Å². The Morgan fingerprint density at radius 3 is 2.33 bits per heavy atom. The number of carbonyl (C=O) groups excluding carboxylic acids is 2. The summed E-state index contributed by atoms with van der Waals surface area (Å²) in [6.07, 6.45) is 1.10. The summed E-state index contributed by atoms with van der Waals surface area (Å²) in [4.78, 5) is 25.6. The molecule has 4 atom stereocenters. The number of nitrogens with zero attached hydrogens (tertiary/aromatic N) is 1. The van der Waals surface area contributed by atoms with Gasteiger partial charge in [-0.1, -0.05) is 86.4 Å². The number of methoxy groups -OCH3 is 1. The van der Waals surface area contributed by atoms with Crippen LogP contribution in [0.3, 0.4) is 0 Å². The zero-order valence-corrected chi connectivity index (χ0v) is 26.0. The number of nitrogens with one attached hydrogen (secondary N) is 1. The summed E-state index contributed by atoms with van der Waals surface area (Å²) in [5, 5.41) is 14.3. The van der Waals surface area contributed by atoms with Crippen molar-refractivity contribution in [2.24, 2.45) is 5.41 Å². The molecule has 0 unspecified atom stereocenters. The van der Waals surface area contributed by atoms with Crippen LogP contribution in [0.5, 0.6) is 0 Å². The lowest BCUT2D eigenvalue weighted by Crippen LogP contribution is -2.44. The number of aryl methyl sites for hydroxylation is 1. The van der Waals surface area contributed by atoms with Gasteiger partial charge >= 0.3 is 5.97 Å². The molecule has 0 aliphatic carbocycles. The number of esters is 1. The molecule has 9 heteroatoms. The van der Waals surface area contributed by atoms with Crippen molar-refractivity contribution in [2.45, 2.75) is 69.9 Å². The fourth-order valence-corrected chi connectivity index (χ4v) is 6.43. The number of ether oxygens (including phenoxy) is 1. The van der Waals surface area contributed by atoms with Crippen molar-refractivity contribution in [3.63, 3.8) is 0 Å². The summed E-state index contributed by atoms with van der Waals surface area (Å²) in [5.41, 5.74) is -0.298. The molecule has 0 radical (unpaired) electrons. The van der Waals surface area contributed by atoms with E-state index in [1.807, 2.05) is 32.9 Å². The van der Waals surface area contributed by atoms with Crippen LogP contribution in [0.1, 0.15) is 61.8 Å². The molecule has 0 aromatic heterocycles. The zero-order valence-electron chi connectivity index (χ0n) is 24.5. The van der Waals surface area contributed by atoms with Gasteiger partial charge in [-0.15, -0.1) is 0 Å². The maximum atomic E-state index is 15.8. The highest BCUT2D eigenvalue weighted by molar-refractivity contribution is 6.31. The van der Waals surface area contributed by atoms with Crippen LogP contribution in [0, 0.1) is 28.4 Å². The van der Waals surface area contributed by atoms with E-state index in [1.54, 1.807) is 18.2 Å². The molecule has 43 heavy (non-hydrogen) atoms. The monoisotopic (exact) mass is 626 g/mol. The minimum Gasteiger partial charge on any atom is -0.469 e. The van der Waals surface area contributed by atoms with Crippen LogP contribution >= 0.6 is 23.2 Å². The third-order valence-electron chi connectivity index (χ3n) is 8.04. The van der Waals surface area contributed by atoms with E-state index in [0.29, 0.717) is 18.4 Å². The number of nitriles is 1. The van der Waals surface area contributed by atoms with E-state index in [2.05, 4.69) is 11.4 Å². The minimum atomic E-state index is -1.68. The maximum absolute atomic E-state index is 15.8. The molecule has 0 saturated carbocycles. The van der Waals surface area contributed by atoms with Crippen LogP contribution in [0.25, 0.3) is 0 Å². The summed E-state index contributed by atoms with van der Waals surface area (Å²) in [6, 6.07) is 16.4. The topological polar surface area (TPSA) is 79.2 Å². The minimum absolute atomic E-state index is 0.0134. The highest BCUT2D eigenvalue weighted by atomic mass is 35.5. The van der Waals surface area contributed by atoms with Gasteiger partial charge < -0.3 is 10.1 Å². The van der Waals surface area contributed by atoms with E-state index in [0.717, 1.165) is 11.6 Å². The van der Waals surface area contributed by atoms with Gasteiger partial charge in [0.2, 0.25) is 0 Å². The Labute approximate surface area is 261 Å². The molecular formula is C34H34Cl2F2N2O3. The van der Waals surface area contributed by atoms with Gasteiger partial charge in [0, 0.05) is 35.4 Å². The Morgan fingerprint density at radius 1 is 1.05 bits per heavy atom. The van der Waals surface area contributed by atoms with Crippen molar-refractivity contribution < 1.29 is 23.1 Å². The molecular weight excluding hydrogens is 593 g/mol. The van der Waals surface area contributed by atoms with Crippen LogP contribution < -0.4 is 5.32 Å². The molecule has 3 aromatic carbocycles.